The highest BCUT2D eigenvalue weighted by atomic mass is 14.9. The standard InChI is InChI=1S/C14H17N3/c1-2-4-14-13(3-1)16-10-12(17-14)9-11-5-7-15-8-6-11/h1-4,10-11,15H,5-9H2. The topological polar surface area (TPSA) is 37.8 Å². The van der Waals surface area contributed by atoms with Crippen LogP contribution in [0.4, 0.5) is 0 Å². The van der Waals surface area contributed by atoms with Crippen LogP contribution in [0.15, 0.2) is 30.5 Å². The number of nitrogens with one attached hydrogen (secondary N) is 1. The average molecular weight is 227 g/mol. The third-order valence-electron chi connectivity index (χ3n) is 3.45. The van der Waals surface area contributed by atoms with Crippen LogP contribution in [0.2, 0.25) is 0 Å². The highest BCUT2D eigenvalue weighted by molar-refractivity contribution is 5.73. The summed E-state index contributed by atoms with van der Waals surface area (Å²) in [6.07, 6.45) is 5.52. The number of piperidine rings is 1. The molecule has 3 rings (SSSR count). The molecular weight excluding hydrogens is 210 g/mol. The van der Waals surface area contributed by atoms with Crippen molar-refractivity contribution in [2.75, 3.05) is 13.1 Å². The van der Waals surface area contributed by atoms with Gasteiger partial charge in [0, 0.05) is 6.20 Å². The molecule has 0 unspecified atom stereocenters. The molecule has 3 nitrogen and oxygen atoms in total. The van der Waals surface area contributed by atoms with Crippen molar-refractivity contribution in [1.82, 2.24) is 15.3 Å². The lowest BCUT2D eigenvalue weighted by molar-refractivity contribution is 0.370. The molecule has 3 heteroatoms. The molecule has 1 saturated heterocycles. The molecule has 1 aliphatic heterocycles. The third kappa shape index (κ3) is 2.44. The van der Waals surface area contributed by atoms with E-state index in [2.05, 4.69) is 15.3 Å². The van der Waals surface area contributed by atoms with Crippen molar-refractivity contribution in [3.8, 4) is 0 Å². The van der Waals surface area contributed by atoms with Crippen LogP contribution in [-0.2, 0) is 6.42 Å². The number of rotatable bonds is 2. The van der Waals surface area contributed by atoms with Gasteiger partial charge in [0.15, 0.2) is 0 Å². The summed E-state index contributed by atoms with van der Waals surface area (Å²) in [6.45, 7) is 2.29. The van der Waals surface area contributed by atoms with E-state index in [-0.39, 0.29) is 0 Å². The predicted octanol–water partition coefficient (Wildman–Crippen LogP) is 2.17. The number of para-hydroxylation sites is 2. The fraction of sp³-hybridized carbons (Fsp3) is 0.429. The molecule has 1 aliphatic rings. The first kappa shape index (κ1) is 10.7. The van der Waals surface area contributed by atoms with Crippen LogP contribution in [0.1, 0.15) is 18.5 Å². The van der Waals surface area contributed by atoms with Crippen LogP contribution >= 0.6 is 0 Å². The van der Waals surface area contributed by atoms with Crippen molar-refractivity contribution < 1.29 is 0 Å². The van der Waals surface area contributed by atoms with E-state index in [4.69, 9.17) is 0 Å². The zero-order valence-corrected chi connectivity index (χ0v) is 9.89. The number of aromatic nitrogens is 2. The van der Waals surface area contributed by atoms with E-state index >= 15 is 0 Å². The molecule has 1 aromatic heterocycles. The summed E-state index contributed by atoms with van der Waals surface area (Å²) >= 11 is 0. The fourth-order valence-corrected chi connectivity index (χ4v) is 2.48. The van der Waals surface area contributed by atoms with Crippen LogP contribution in [-0.4, -0.2) is 23.1 Å². The van der Waals surface area contributed by atoms with Gasteiger partial charge in [0.1, 0.15) is 0 Å². The van der Waals surface area contributed by atoms with E-state index in [1.807, 2.05) is 30.5 Å². The van der Waals surface area contributed by atoms with Gasteiger partial charge in [-0.2, -0.15) is 0 Å². The number of hydrogen-bond donors (Lipinski definition) is 1. The average Bonchev–Trinajstić information content (AvgIpc) is 2.40. The summed E-state index contributed by atoms with van der Waals surface area (Å²) in [6, 6.07) is 8.07. The summed E-state index contributed by atoms with van der Waals surface area (Å²) in [7, 11) is 0. The van der Waals surface area contributed by atoms with E-state index in [0.717, 1.165) is 42.2 Å². The maximum atomic E-state index is 4.69. The molecule has 0 bridgehead atoms. The van der Waals surface area contributed by atoms with Gasteiger partial charge in [-0.3, -0.25) is 4.98 Å². The number of nitrogens with zero attached hydrogens (tertiary/aromatic N) is 2. The van der Waals surface area contributed by atoms with E-state index in [1.54, 1.807) is 0 Å². The summed E-state index contributed by atoms with van der Waals surface area (Å²) in [4.78, 5) is 9.15. The third-order valence-corrected chi connectivity index (χ3v) is 3.45. The molecule has 0 spiro atoms. The molecule has 1 aromatic carbocycles. The van der Waals surface area contributed by atoms with Gasteiger partial charge in [0.05, 0.1) is 16.7 Å². The summed E-state index contributed by atoms with van der Waals surface area (Å²) in [5.74, 6) is 0.770. The van der Waals surface area contributed by atoms with Crippen LogP contribution in [0.25, 0.3) is 11.0 Å². The van der Waals surface area contributed by atoms with Crippen molar-refractivity contribution in [2.45, 2.75) is 19.3 Å². The molecule has 0 saturated carbocycles. The smallest absolute Gasteiger partial charge is 0.0890 e. The lowest BCUT2D eigenvalue weighted by atomic mass is 9.93. The molecule has 0 radical (unpaired) electrons. The van der Waals surface area contributed by atoms with Gasteiger partial charge in [0.2, 0.25) is 0 Å². The van der Waals surface area contributed by atoms with E-state index < -0.39 is 0 Å². The molecule has 88 valence electrons. The molecule has 2 heterocycles. The quantitative estimate of drug-likeness (QED) is 0.854. The van der Waals surface area contributed by atoms with Gasteiger partial charge in [0.25, 0.3) is 0 Å². The van der Waals surface area contributed by atoms with Gasteiger partial charge in [-0.1, -0.05) is 12.1 Å². The normalized spacial score (nSPS) is 17.4. The van der Waals surface area contributed by atoms with Crippen molar-refractivity contribution in [3.63, 3.8) is 0 Å². The highest BCUT2D eigenvalue weighted by Crippen LogP contribution is 2.17. The van der Waals surface area contributed by atoms with E-state index in [0.29, 0.717) is 0 Å². The Kier molecular flexibility index (Phi) is 3.01. The van der Waals surface area contributed by atoms with E-state index in [9.17, 15) is 0 Å². The van der Waals surface area contributed by atoms with Crippen LogP contribution in [0, 0.1) is 5.92 Å². The van der Waals surface area contributed by atoms with Gasteiger partial charge >= 0.3 is 0 Å². The second-order valence-corrected chi connectivity index (χ2v) is 4.75. The van der Waals surface area contributed by atoms with Crippen LogP contribution in [0.5, 0.6) is 0 Å². The lowest BCUT2D eigenvalue weighted by Gasteiger charge is -2.22. The van der Waals surface area contributed by atoms with Crippen molar-refractivity contribution in [2.24, 2.45) is 5.92 Å². The molecule has 0 atom stereocenters. The lowest BCUT2D eigenvalue weighted by Crippen LogP contribution is -2.28. The van der Waals surface area contributed by atoms with E-state index in [1.165, 1.54) is 12.8 Å². The fourth-order valence-electron chi connectivity index (χ4n) is 2.48. The number of fused-ring (bicyclic) bond motifs is 1. The molecule has 2 aromatic rings. The highest BCUT2D eigenvalue weighted by Gasteiger charge is 2.14. The Labute approximate surface area is 101 Å². The maximum Gasteiger partial charge on any atom is 0.0890 e. The largest absolute Gasteiger partial charge is 0.317 e. The molecular formula is C14H17N3. The Balaban J connectivity index is 1.80. The van der Waals surface area contributed by atoms with Crippen LogP contribution in [0.3, 0.4) is 0 Å². The monoisotopic (exact) mass is 227 g/mol. The SMILES string of the molecule is c1ccc2nc(CC3CCNCC3)cnc2c1. The number of hydrogen-bond acceptors (Lipinski definition) is 3. The minimum Gasteiger partial charge on any atom is -0.317 e. The van der Waals surface area contributed by atoms with Gasteiger partial charge in [-0.15, -0.1) is 0 Å². The van der Waals surface area contributed by atoms with Crippen LogP contribution < -0.4 is 5.32 Å². The van der Waals surface area contributed by atoms with Crippen molar-refractivity contribution in [3.05, 3.63) is 36.2 Å². The Hall–Kier alpha value is -1.48. The molecule has 1 fully saturated rings. The zero-order valence-electron chi connectivity index (χ0n) is 9.89. The summed E-state index contributed by atoms with van der Waals surface area (Å²) in [5, 5.41) is 3.39. The molecule has 0 amide bonds. The van der Waals surface area contributed by atoms with Gasteiger partial charge < -0.3 is 5.32 Å². The Morgan fingerprint density at radius 2 is 1.88 bits per heavy atom. The Bertz CT molecular complexity index is 504. The Morgan fingerprint density at radius 1 is 1.12 bits per heavy atom. The molecule has 17 heavy (non-hydrogen) atoms. The predicted molar refractivity (Wildman–Crippen MR) is 68.8 cm³/mol. The minimum atomic E-state index is 0.770. The first-order valence-corrected chi connectivity index (χ1v) is 6.33. The minimum absolute atomic E-state index is 0.770. The maximum absolute atomic E-state index is 4.69. The second kappa shape index (κ2) is 4.80. The number of benzene rings is 1. The first-order valence-electron chi connectivity index (χ1n) is 6.33. The second-order valence-electron chi connectivity index (χ2n) is 4.75. The Morgan fingerprint density at radius 3 is 2.71 bits per heavy atom. The first-order chi connectivity index (χ1) is 8.42. The summed E-state index contributed by atoms with van der Waals surface area (Å²) < 4.78 is 0. The van der Waals surface area contributed by atoms with Gasteiger partial charge in [-0.25, -0.2) is 4.98 Å². The summed E-state index contributed by atoms with van der Waals surface area (Å²) in [5.41, 5.74) is 3.14. The van der Waals surface area contributed by atoms with Crippen molar-refractivity contribution in [1.29, 1.82) is 0 Å². The molecule has 1 N–H and O–H groups in total. The van der Waals surface area contributed by atoms with Gasteiger partial charge in [-0.05, 0) is 50.4 Å². The molecule has 0 aliphatic carbocycles. The van der Waals surface area contributed by atoms with Crippen molar-refractivity contribution >= 4 is 11.0 Å². The zero-order chi connectivity index (χ0) is 11.5.